The van der Waals surface area contributed by atoms with Gasteiger partial charge in [0.15, 0.2) is 0 Å². The maximum absolute atomic E-state index is 12.7. The maximum atomic E-state index is 12.7. The van der Waals surface area contributed by atoms with E-state index >= 15 is 0 Å². The number of hydrogen-bond acceptors (Lipinski definition) is 4. The van der Waals surface area contributed by atoms with Crippen molar-refractivity contribution in [1.82, 2.24) is 4.90 Å². The number of rotatable bonds is 3. The molecule has 2 aliphatic heterocycles. The average Bonchev–Trinajstić information content (AvgIpc) is 2.47. The predicted molar refractivity (Wildman–Crippen MR) is 67.9 cm³/mol. The normalized spacial score (nSPS) is 28.1. The van der Waals surface area contributed by atoms with Gasteiger partial charge in [-0.05, 0) is 31.6 Å². The minimum Gasteiger partial charge on any atom is -0.396 e. The summed E-state index contributed by atoms with van der Waals surface area (Å²) in [6.45, 7) is 3.30. The topological polar surface area (TPSA) is 75.8 Å². The van der Waals surface area contributed by atoms with Crippen molar-refractivity contribution >= 4 is 5.91 Å². The highest BCUT2D eigenvalue weighted by Gasteiger charge is 2.42. The van der Waals surface area contributed by atoms with Gasteiger partial charge in [0.2, 0.25) is 5.91 Å². The van der Waals surface area contributed by atoms with Crippen molar-refractivity contribution in [2.75, 3.05) is 39.5 Å². The van der Waals surface area contributed by atoms with Crippen LogP contribution < -0.4 is 5.73 Å². The molecule has 2 aliphatic rings. The van der Waals surface area contributed by atoms with Gasteiger partial charge in [0.05, 0.1) is 5.41 Å². The molecule has 5 heteroatoms. The van der Waals surface area contributed by atoms with Crippen molar-refractivity contribution in [2.45, 2.75) is 25.7 Å². The zero-order valence-electron chi connectivity index (χ0n) is 10.9. The maximum Gasteiger partial charge on any atom is 0.230 e. The van der Waals surface area contributed by atoms with Crippen LogP contribution in [-0.4, -0.2) is 55.4 Å². The fourth-order valence-electron chi connectivity index (χ4n) is 3.00. The highest BCUT2D eigenvalue weighted by molar-refractivity contribution is 5.83. The summed E-state index contributed by atoms with van der Waals surface area (Å²) in [5, 5.41) is 9.24. The molecule has 1 unspecified atom stereocenters. The summed E-state index contributed by atoms with van der Waals surface area (Å²) in [7, 11) is 0. The molecule has 0 aromatic heterocycles. The monoisotopic (exact) mass is 256 g/mol. The Hall–Kier alpha value is -0.650. The van der Waals surface area contributed by atoms with E-state index in [0.717, 1.165) is 32.2 Å². The fourth-order valence-corrected chi connectivity index (χ4v) is 3.00. The molecule has 1 amide bonds. The molecule has 0 aromatic rings. The van der Waals surface area contributed by atoms with Gasteiger partial charge >= 0.3 is 0 Å². The molecular formula is C13H24N2O3. The van der Waals surface area contributed by atoms with Crippen molar-refractivity contribution in [3.05, 3.63) is 0 Å². The van der Waals surface area contributed by atoms with E-state index < -0.39 is 5.41 Å². The molecular weight excluding hydrogens is 232 g/mol. The van der Waals surface area contributed by atoms with Crippen LogP contribution in [0.5, 0.6) is 0 Å². The second kappa shape index (κ2) is 5.99. The Balaban J connectivity index is 2.04. The van der Waals surface area contributed by atoms with Crippen molar-refractivity contribution in [1.29, 1.82) is 0 Å². The number of carbonyl (C=O) groups excluding carboxylic acids is 1. The molecule has 2 heterocycles. The summed E-state index contributed by atoms with van der Waals surface area (Å²) < 4.78 is 5.34. The average molecular weight is 256 g/mol. The van der Waals surface area contributed by atoms with Crippen molar-refractivity contribution in [3.63, 3.8) is 0 Å². The number of ether oxygens (including phenoxy) is 1. The molecule has 104 valence electrons. The molecule has 2 saturated heterocycles. The van der Waals surface area contributed by atoms with Gasteiger partial charge in [-0.15, -0.1) is 0 Å². The molecule has 0 saturated carbocycles. The number of piperidine rings is 1. The Bertz CT molecular complexity index is 290. The minimum atomic E-state index is -0.421. The van der Waals surface area contributed by atoms with Crippen LogP contribution in [0, 0.1) is 11.3 Å². The van der Waals surface area contributed by atoms with E-state index in [1.807, 2.05) is 4.90 Å². The molecule has 1 atom stereocenters. The number of aliphatic hydroxyl groups is 1. The van der Waals surface area contributed by atoms with Crippen molar-refractivity contribution in [3.8, 4) is 0 Å². The van der Waals surface area contributed by atoms with E-state index in [-0.39, 0.29) is 18.4 Å². The number of likely N-dealkylation sites (tertiary alicyclic amines) is 1. The summed E-state index contributed by atoms with van der Waals surface area (Å²) in [5.41, 5.74) is 5.44. The summed E-state index contributed by atoms with van der Waals surface area (Å²) in [6, 6.07) is 0. The lowest BCUT2D eigenvalue weighted by atomic mass is 9.78. The third-order valence-corrected chi connectivity index (χ3v) is 4.36. The molecule has 3 N–H and O–H groups in total. The van der Waals surface area contributed by atoms with Crippen LogP contribution in [0.2, 0.25) is 0 Å². The zero-order valence-corrected chi connectivity index (χ0v) is 10.9. The summed E-state index contributed by atoms with van der Waals surface area (Å²) in [6.07, 6.45) is 3.44. The van der Waals surface area contributed by atoms with Gasteiger partial charge in [0.1, 0.15) is 0 Å². The Morgan fingerprint density at radius 2 is 2.17 bits per heavy atom. The van der Waals surface area contributed by atoms with E-state index in [9.17, 15) is 9.90 Å². The fraction of sp³-hybridized carbons (Fsp3) is 0.923. The highest BCUT2D eigenvalue weighted by Crippen LogP contribution is 2.33. The van der Waals surface area contributed by atoms with Gasteiger partial charge in [-0.2, -0.15) is 0 Å². The van der Waals surface area contributed by atoms with Crippen LogP contribution in [0.15, 0.2) is 0 Å². The largest absolute Gasteiger partial charge is 0.396 e. The molecule has 0 radical (unpaired) electrons. The number of carbonyl (C=O) groups is 1. The highest BCUT2D eigenvalue weighted by atomic mass is 16.5. The van der Waals surface area contributed by atoms with Crippen LogP contribution in [-0.2, 0) is 9.53 Å². The van der Waals surface area contributed by atoms with Crippen LogP contribution >= 0.6 is 0 Å². The predicted octanol–water partition coefficient (Wildman–Crippen LogP) is -0.0272. The van der Waals surface area contributed by atoms with E-state index in [2.05, 4.69) is 0 Å². The van der Waals surface area contributed by atoms with Gasteiger partial charge in [0, 0.05) is 39.5 Å². The first-order chi connectivity index (χ1) is 8.72. The number of aliphatic hydroxyl groups excluding tert-OH is 1. The van der Waals surface area contributed by atoms with Crippen LogP contribution in [0.25, 0.3) is 0 Å². The third-order valence-electron chi connectivity index (χ3n) is 4.36. The molecule has 2 rings (SSSR count). The Morgan fingerprint density at radius 3 is 2.78 bits per heavy atom. The number of hydrogen-bond donors (Lipinski definition) is 2. The van der Waals surface area contributed by atoms with E-state index in [1.54, 1.807) is 0 Å². The molecule has 18 heavy (non-hydrogen) atoms. The standard InChI is InChI=1S/C13H24N2O3/c14-10-13(3-6-18-7-4-13)12(17)15-5-1-2-11(8-15)9-16/h11,16H,1-10,14H2. The molecule has 0 bridgehead atoms. The Morgan fingerprint density at radius 1 is 1.44 bits per heavy atom. The number of amides is 1. The number of nitrogens with zero attached hydrogens (tertiary/aromatic N) is 1. The first kappa shape index (κ1) is 13.8. The van der Waals surface area contributed by atoms with Crippen LogP contribution in [0.4, 0.5) is 0 Å². The SMILES string of the molecule is NCC1(C(=O)N2CCCC(CO)C2)CCOCC1. The zero-order chi connectivity index (χ0) is 13.0. The molecule has 5 nitrogen and oxygen atoms in total. The quantitative estimate of drug-likeness (QED) is 0.743. The lowest BCUT2D eigenvalue weighted by Gasteiger charge is -2.41. The van der Waals surface area contributed by atoms with Crippen LogP contribution in [0.3, 0.4) is 0 Å². The number of nitrogens with two attached hydrogens (primary N) is 1. The summed E-state index contributed by atoms with van der Waals surface area (Å²) >= 11 is 0. The lowest BCUT2D eigenvalue weighted by molar-refractivity contribution is -0.149. The summed E-state index contributed by atoms with van der Waals surface area (Å²) in [5.74, 6) is 0.406. The van der Waals surface area contributed by atoms with E-state index in [1.165, 1.54) is 0 Å². The second-order valence-electron chi connectivity index (χ2n) is 5.54. The van der Waals surface area contributed by atoms with Crippen molar-refractivity contribution < 1.29 is 14.6 Å². The smallest absolute Gasteiger partial charge is 0.230 e. The molecule has 0 spiro atoms. The van der Waals surface area contributed by atoms with Crippen LogP contribution in [0.1, 0.15) is 25.7 Å². The first-order valence-electron chi connectivity index (χ1n) is 6.90. The van der Waals surface area contributed by atoms with E-state index in [0.29, 0.717) is 26.3 Å². The van der Waals surface area contributed by atoms with Gasteiger partial charge in [0.25, 0.3) is 0 Å². The first-order valence-corrected chi connectivity index (χ1v) is 6.90. The molecule has 0 aliphatic carbocycles. The van der Waals surface area contributed by atoms with Gasteiger partial charge in [-0.25, -0.2) is 0 Å². The van der Waals surface area contributed by atoms with Gasteiger partial charge in [-0.3, -0.25) is 4.79 Å². The Kier molecular flexibility index (Phi) is 4.59. The lowest BCUT2D eigenvalue weighted by Crippen LogP contribution is -2.53. The van der Waals surface area contributed by atoms with Crippen molar-refractivity contribution in [2.24, 2.45) is 17.1 Å². The third kappa shape index (κ3) is 2.68. The molecule has 2 fully saturated rings. The van der Waals surface area contributed by atoms with E-state index in [4.69, 9.17) is 10.5 Å². The second-order valence-corrected chi connectivity index (χ2v) is 5.54. The molecule has 0 aromatic carbocycles. The summed E-state index contributed by atoms with van der Waals surface area (Å²) in [4.78, 5) is 14.6. The van der Waals surface area contributed by atoms with Gasteiger partial charge in [-0.1, -0.05) is 0 Å². The Labute approximate surface area is 108 Å². The van der Waals surface area contributed by atoms with Gasteiger partial charge < -0.3 is 20.5 Å². The minimum absolute atomic E-state index is 0.169.